The molecule has 6 atom stereocenters. The second-order valence-electron chi connectivity index (χ2n) is 20.9. The number of carbonyl (C=O) groups is 4. The van der Waals surface area contributed by atoms with Crippen molar-refractivity contribution in [2.45, 2.75) is 276 Å². The first-order chi connectivity index (χ1) is 39.6. The van der Waals surface area contributed by atoms with Gasteiger partial charge in [-0.05, 0) is 116 Å². The van der Waals surface area contributed by atoms with Crippen LogP contribution in [-0.4, -0.2) is 89.2 Å². The summed E-state index contributed by atoms with van der Waals surface area (Å²) >= 11 is 0. The van der Waals surface area contributed by atoms with Crippen LogP contribution in [0.5, 0.6) is 0 Å². The third-order valence-corrected chi connectivity index (χ3v) is 13.5. The first-order valence-corrected chi connectivity index (χ1v) is 31.5. The van der Waals surface area contributed by atoms with E-state index in [0.717, 1.165) is 109 Å². The van der Waals surface area contributed by atoms with E-state index in [1.807, 2.05) is 12.2 Å². The third kappa shape index (κ3) is 45.3. The summed E-state index contributed by atoms with van der Waals surface area (Å²) in [4.78, 5) is 51.2. The van der Waals surface area contributed by atoms with E-state index in [1.165, 1.54) is 70.6 Å². The van der Waals surface area contributed by atoms with Crippen molar-refractivity contribution in [1.82, 2.24) is 0 Å². The number of rotatable bonds is 52. The Labute approximate surface area is 490 Å². The standard InChI is InChI=1S/C69H110O12/c1-4-7-10-13-16-19-22-25-27-29-31-33-35-38-40-43-46-49-52-55-61(70)77-58-60(79-62(71)56-53-50-47-44-42-39-36-34-32-30-28-26-23-20-17-14-11-8-5-2)59-78-69-67(65(74)64(73)66(81-69)68(75)76)80-63(72)57-54-51-48-45-41-37-24-21-18-15-12-9-6-3/h7,9-10,12,16,18-19,21,25-28,31,33,37-38,40-41,46,49,60,64-67,69,73-74H,4-6,8,11,13-15,17,20,22-24,29-30,32,34-36,39,42-45,47-48,50-59H2,1-3H3,(H,75,76)/b10-7-,12-9-,19-16-,21-18-,27-25-,28-26-,33-31-,40-38-,41-37-,49-46-. The van der Waals surface area contributed by atoms with E-state index >= 15 is 0 Å². The molecule has 1 rings (SSSR count). The molecule has 0 aliphatic carbocycles. The summed E-state index contributed by atoms with van der Waals surface area (Å²) < 4.78 is 28.4. The van der Waals surface area contributed by atoms with Crippen molar-refractivity contribution < 1.29 is 58.2 Å². The zero-order valence-electron chi connectivity index (χ0n) is 50.5. The lowest BCUT2D eigenvalue weighted by molar-refractivity contribution is -0.301. The molecule has 458 valence electrons. The quantitative estimate of drug-likeness (QED) is 0.0228. The molecule has 0 spiro atoms. The number of carboxylic acids is 1. The summed E-state index contributed by atoms with van der Waals surface area (Å²) in [6, 6.07) is 0. The number of allylic oxidation sites excluding steroid dienone is 20. The Morgan fingerprint density at radius 2 is 0.802 bits per heavy atom. The van der Waals surface area contributed by atoms with Crippen molar-refractivity contribution in [3.05, 3.63) is 122 Å². The SMILES string of the molecule is CC/C=C\C/C=C\C/C=C\C/C=C\C/C=C\C/C=C\CCC(=O)OCC(COC1OC(C(=O)O)C(O)C(O)C1OC(=O)CCCCC/C=C\C/C=C\C/C=C\CC)OC(=O)CCCCCCCCCCC/C=C\CCCCCCCC. The molecule has 81 heavy (non-hydrogen) atoms. The maximum absolute atomic E-state index is 13.2. The van der Waals surface area contributed by atoms with Crippen LogP contribution in [-0.2, 0) is 42.9 Å². The van der Waals surface area contributed by atoms with Crippen molar-refractivity contribution in [3.8, 4) is 0 Å². The zero-order chi connectivity index (χ0) is 58.9. The number of aliphatic hydroxyl groups is 2. The summed E-state index contributed by atoms with van der Waals surface area (Å²) in [6.45, 7) is 5.68. The van der Waals surface area contributed by atoms with Crippen molar-refractivity contribution in [3.63, 3.8) is 0 Å². The number of aliphatic hydroxyl groups excluding tert-OH is 2. The highest BCUT2D eigenvalue weighted by molar-refractivity contribution is 5.74. The second kappa shape index (κ2) is 55.6. The molecule has 1 heterocycles. The fourth-order valence-corrected chi connectivity index (χ4v) is 8.76. The van der Waals surface area contributed by atoms with E-state index in [-0.39, 0.29) is 25.9 Å². The van der Waals surface area contributed by atoms with Gasteiger partial charge in [0.1, 0.15) is 18.8 Å². The minimum absolute atomic E-state index is 0.0123. The van der Waals surface area contributed by atoms with Crippen LogP contribution in [0.1, 0.15) is 239 Å². The minimum atomic E-state index is -1.93. The summed E-state index contributed by atoms with van der Waals surface area (Å²) in [6.07, 6.45) is 64.7. The van der Waals surface area contributed by atoms with E-state index in [9.17, 15) is 34.5 Å². The van der Waals surface area contributed by atoms with Gasteiger partial charge in [0.15, 0.2) is 24.6 Å². The normalized spacial score (nSPS) is 18.6. The van der Waals surface area contributed by atoms with Gasteiger partial charge < -0.3 is 39.0 Å². The van der Waals surface area contributed by atoms with Crippen LogP contribution in [0.15, 0.2) is 122 Å². The van der Waals surface area contributed by atoms with Gasteiger partial charge in [-0.2, -0.15) is 0 Å². The molecule has 1 aliphatic rings. The van der Waals surface area contributed by atoms with Gasteiger partial charge in [0.25, 0.3) is 0 Å². The first kappa shape index (κ1) is 74.1. The van der Waals surface area contributed by atoms with Crippen LogP contribution in [0.25, 0.3) is 0 Å². The lowest BCUT2D eigenvalue weighted by Gasteiger charge is -2.40. The largest absolute Gasteiger partial charge is 0.479 e. The predicted octanol–water partition coefficient (Wildman–Crippen LogP) is 16.8. The number of esters is 3. The lowest BCUT2D eigenvalue weighted by atomic mass is 9.98. The molecule has 12 nitrogen and oxygen atoms in total. The van der Waals surface area contributed by atoms with E-state index in [2.05, 4.69) is 130 Å². The number of ether oxygens (including phenoxy) is 5. The Morgan fingerprint density at radius 1 is 0.420 bits per heavy atom. The van der Waals surface area contributed by atoms with E-state index < -0.39 is 67.3 Å². The van der Waals surface area contributed by atoms with Gasteiger partial charge in [-0.3, -0.25) is 14.4 Å². The summed E-state index contributed by atoms with van der Waals surface area (Å²) in [7, 11) is 0. The summed E-state index contributed by atoms with van der Waals surface area (Å²) in [5.74, 6) is -3.28. The maximum Gasteiger partial charge on any atom is 0.335 e. The van der Waals surface area contributed by atoms with Crippen LogP contribution >= 0.6 is 0 Å². The molecule has 0 aromatic heterocycles. The number of aliphatic carboxylic acids is 1. The number of hydrogen-bond acceptors (Lipinski definition) is 11. The smallest absolute Gasteiger partial charge is 0.335 e. The van der Waals surface area contributed by atoms with Gasteiger partial charge in [0.2, 0.25) is 0 Å². The van der Waals surface area contributed by atoms with Crippen molar-refractivity contribution in [2.75, 3.05) is 13.2 Å². The molecular formula is C69H110O12. The molecule has 1 fully saturated rings. The highest BCUT2D eigenvalue weighted by atomic mass is 16.7. The molecule has 0 aromatic carbocycles. The number of carbonyl (C=O) groups excluding carboxylic acids is 3. The van der Waals surface area contributed by atoms with Crippen LogP contribution in [0.2, 0.25) is 0 Å². The van der Waals surface area contributed by atoms with Crippen molar-refractivity contribution in [1.29, 1.82) is 0 Å². The average Bonchev–Trinajstić information content (AvgIpc) is 3.46. The van der Waals surface area contributed by atoms with Gasteiger partial charge in [0.05, 0.1) is 6.61 Å². The Kier molecular flexibility index (Phi) is 50.9. The number of unbranched alkanes of at least 4 members (excludes halogenated alkanes) is 18. The number of hydrogen-bond donors (Lipinski definition) is 3. The molecule has 0 bridgehead atoms. The van der Waals surface area contributed by atoms with Gasteiger partial charge in [-0.1, -0.05) is 226 Å². The van der Waals surface area contributed by atoms with Gasteiger partial charge in [-0.25, -0.2) is 4.79 Å². The van der Waals surface area contributed by atoms with Crippen LogP contribution in [0, 0.1) is 0 Å². The molecule has 0 aromatic rings. The maximum atomic E-state index is 13.2. The van der Waals surface area contributed by atoms with Gasteiger partial charge in [0, 0.05) is 19.3 Å². The summed E-state index contributed by atoms with van der Waals surface area (Å²) in [5.41, 5.74) is 0. The topological polar surface area (TPSA) is 175 Å². The monoisotopic (exact) mass is 1130 g/mol. The predicted molar refractivity (Wildman–Crippen MR) is 330 cm³/mol. The molecule has 3 N–H and O–H groups in total. The van der Waals surface area contributed by atoms with Gasteiger partial charge in [-0.15, -0.1) is 0 Å². The van der Waals surface area contributed by atoms with Crippen LogP contribution in [0.3, 0.4) is 0 Å². The van der Waals surface area contributed by atoms with Crippen LogP contribution < -0.4 is 0 Å². The second-order valence-corrected chi connectivity index (χ2v) is 20.9. The third-order valence-electron chi connectivity index (χ3n) is 13.5. The molecule has 1 saturated heterocycles. The fraction of sp³-hybridized carbons (Fsp3) is 0.652. The zero-order valence-corrected chi connectivity index (χ0v) is 50.5. The van der Waals surface area contributed by atoms with Crippen molar-refractivity contribution >= 4 is 23.9 Å². The Balaban J connectivity index is 2.73. The molecule has 12 heteroatoms. The average molecular weight is 1130 g/mol. The fourth-order valence-electron chi connectivity index (χ4n) is 8.76. The molecule has 1 aliphatic heterocycles. The van der Waals surface area contributed by atoms with E-state index in [4.69, 9.17) is 23.7 Å². The van der Waals surface area contributed by atoms with Gasteiger partial charge >= 0.3 is 23.9 Å². The Hall–Kier alpha value is -4.88. The number of carboxylic acid groups (broad SMARTS) is 1. The first-order valence-electron chi connectivity index (χ1n) is 31.5. The van der Waals surface area contributed by atoms with Crippen LogP contribution in [0.4, 0.5) is 0 Å². The Morgan fingerprint density at radius 3 is 1.26 bits per heavy atom. The summed E-state index contributed by atoms with van der Waals surface area (Å²) in [5, 5.41) is 31.5. The Bertz CT molecular complexity index is 1870. The van der Waals surface area contributed by atoms with E-state index in [1.54, 1.807) is 0 Å². The molecule has 6 unspecified atom stereocenters. The highest BCUT2D eigenvalue weighted by Gasteiger charge is 2.50. The lowest BCUT2D eigenvalue weighted by Crippen LogP contribution is -2.61. The molecular weight excluding hydrogens is 1020 g/mol. The highest BCUT2D eigenvalue weighted by Crippen LogP contribution is 2.26. The molecule has 0 saturated carbocycles. The molecule has 0 radical (unpaired) electrons. The molecule has 0 amide bonds. The van der Waals surface area contributed by atoms with E-state index in [0.29, 0.717) is 19.3 Å². The minimum Gasteiger partial charge on any atom is -0.479 e. The van der Waals surface area contributed by atoms with Crippen molar-refractivity contribution in [2.24, 2.45) is 0 Å².